The molecule has 1 heterocycles. The number of esters is 1. The summed E-state index contributed by atoms with van der Waals surface area (Å²) in [5.41, 5.74) is 0. The highest BCUT2D eigenvalue weighted by molar-refractivity contribution is 7.91. The molecule has 0 unspecified atom stereocenters. The van der Waals surface area contributed by atoms with E-state index >= 15 is 0 Å². The number of aliphatic carboxylic acids is 1. The average Bonchev–Trinajstić information content (AvgIpc) is 2.90. The van der Waals surface area contributed by atoms with Crippen molar-refractivity contribution >= 4 is 33.3 Å². The molecule has 0 spiro atoms. The molecule has 8 nitrogen and oxygen atoms in total. The molecule has 0 fully saturated rings. The Hall–Kier alpha value is -1.65. The number of carbonyl (C=O) groups excluding carboxylic acids is 1. The van der Waals surface area contributed by atoms with Gasteiger partial charge in [0.05, 0.1) is 14.2 Å². The molecule has 0 saturated heterocycles. The van der Waals surface area contributed by atoms with E-state index in [-0.39, 0.29) is 27.2 Å². The fourth-order valence-electron chi connectivity index (χ4n) is 1.80. The van der Waals surface area contributed by atoms with Gasteiger partial charge in [-0.2, -0.15) is 4.72 Å². The number of hydrogen-bond donors (Lipinski definition) is 2. The van der Waals surface area contributed by atoms with Gasteiger partial charge in [0.2, 0.25) is 0 Å². The van der Waals surface area contributed by atoms with Crippen LogP contribution >= 0.6 is 11.3 Å². The van der Waals surface area contributed by atoms with Crippen LogP contribution in [0.25, 0.3) is 0 Å². The summed E-state index contributed by atoms with van der Waals surface area (Å²) in [4.78, 5) is 22.8. The normalized spacial score (nSPS) is 12.9. The van der Waals surface area contributed by atoms with Crippen molar-refractivity contribution in [2.75, 3.05) is 14.2 Å². The van der Waals surface area contributed by atoms with Crippen molar-refractivity contribution in [3.8, 4) is 5.75 Å². The third kappa shape index (κ3) is 4.91. The van der Waals surface area contributed by atoms with Crippen molar-refractivity contribution in [2.24, 2.45) is 5.92 Å². The predicted octanol–water partition coefficient (Wildman–Crippen LogP) is 1.32. The van der Waals surface area contributed by atoms with E-state index in [4.69, 9.17) is 9.84 Å². The lowest BCUT2D eigenvalue weighted by molar-refractivity contribution is -0.139. The van der Waals surface area contributed by atoms with Crippen LogP contribution in [0.5, 0.6) is 5.75 Å². The van der Waals surface area contributed by atoms with Gasteiger partial charge in [0.1, 0.15) is 10.9 Å². The molecule has 0 aliphatic carbocycles. The van der Waals surface area contributed by atoms with Crippen molar-refractivity contribution in [2.45, 2.75) is 30.5 Å². The fourth-order valence-corrected chi connectivity index (χ4v) is 4.51. The molecule has 0 bridgehead atoms. The van der Waals surface area contributed by atoms with Crippen LogP contribution < -0.4 is 9.46 Å². The Kier molecular flexibility index (Phi) is 6.54. The summed E-state index contributed by atoms with van der Waals surface area (Å²) in [6.07, 6.45) is 0.131. The van der Waals surface area contributed by atoms with E-state index in [0.717, 1.165) is 0 Å². The van der Waals surface area contributed by atoms with Crippen molar-refractivity contribution in [3.05, 3.63) is 10.9 Å². The molecule has 0 radical (unpaired) electrons. The monoisotopic (exact) mass is 365 g/mol. The number of methoxy groups -OCH3 is 2. The summed E-state index contributed by atoms with van der Waals surface area (Å²) in [5.74, 6) is -2.04. The highest BCUT2D eigenvalue weighted by Crippen LogP contribution is 2.34. The minimum Gasteiger partial charge on any atom is -0.494 e. The molecule has 0 saturated carbocycles. The van der Waals surface area contributed by atoms with Gasteiger partial charge in [0, 0.05) is 6.07 Å². The summed E-state index contributed by atoms with van der Waals surface area (Å²) >= 11 is 0.653. The molecule has 1 aromatic heterocycles. The summed E-state index contributed by atoms with van der Waals surface area (Å²) in [6.45, 7) is 3.57. The van der Waals surface area contributed by atoms with E-state index in [0.29, 0.717) is 11.3 Å². The van der Waals surface area contributed by atoms with Crippen LogP contribution in [0.3, 0.4) is 0 Å². The Bertz CT molecular complexity index is 678. The minimum absolute atomic E-state index is 0.0188. The van der Waals surface area contributed by atoms with Crippen LogP contribution in [0.4, 0.5) is 0 Å². The van der Waals surface area contributed by atoms with E-state index in [2.05, 4.69) is 9.46 Å². The predicted molar refractivity (Wildman–Crippen MR) is 83.4 cm³/mol. The van der Waals surface area contributed by atoms with Gasteiger partial charge in [-0.1, -0.05) is 13.8 Å². The zero-order valence-electron chi connectivity index (χ0n) is 13.2. The molecule has 1 aromatic rings. The molecule has 2 N–H and O–H groups in total. The number of rotatable bonds is 8. The minimum atomic E-state index is -4.16. The first-order valence-electron chi connectivity index (χ1n) is 6.63. The van der Waals surface area contributed by atoms with Crippen molar-refractivity contribution in [3.63, 3.8) is 0 Å². The highest BCUT2D eigenvalue weighted by Gasteiger charge is 2.31. The van der Waals surface area contributed by atoms with Crippen LogP contribution in [0.15, 0.2) is 10.3 Å². The van der Waals surface area contributed by atoms with Gasteiger partial charge in [-0.3, -0.25) is 4.79 Å². The van der Waals surface area contributed by atoms with Gasteiger partial charge in [0.25, 0.3) is 10.0 Å². The van der Waals surface area contributed by atoms with Crippen molar-refractivity contribution in [1.29, 1.82) is 0 Å². The second-order valence-corrected chi connectivity index (χ2v) is 8.06. The van der Waals surface area contributed by atoms with E-state index in [1.165, 1.54) is 20.3 Å². The quantitative estimate of drug-likeness (QED) is 0.667. The molecule has 0 aliphatic rings. The lowest BCUT2D eigenvalue weighted by Crippen LogP contribution is -2.41. The number of ether oxygens (including phenoxy) is 2. The van der Waals surface area contributed by atoms with Gasteiger partial charge in [-0.05, 0) is 12.3 Å². The van der Waals surface area contributed by atoms with E-state index in [9.17, 15) is 18.0 Å². The van der Waals surface area contributed by atoms with Crippen molar-refractivity contribution < 1.29 is 32.6 Å². The molecule has 10 heteroatoms. The number of sulfonamides is 1. The highest BCUT2D eigenvalue weighted by atomic mass is 32.2. The Balaban J connectivity index is 3.19. The maximum atomic E-state index is 12.4. The average molecular weight is 365 g/mol. The zero-order chi connectivity index (χ0) is 17.8. The first-order valence-corrected chi connectivity index (χ1v) is 8.93. The largest absolute Gasteiger partial charge is 0.494 e. The summed E-state index contributed by atoms with van der Waals surface area (Å²) in [5, 5.41) is 9.16. The Morgan fingerprint density at radius 1 is 1.35 bits per heavy atom. The molecular weight excluding hydrogens is 346 g/mol. The maximum Gasteiger partial charge on any atom is 0.348 e. The Morgan fingerprint density at radius 2 is 1.96 bits per heavy atom. The van der Waals surface area contributed by atoms with E-state index in [1.54, 1.807) is 13.8 Å². The van der Waals surface area contributed by atoms with Gasteiger partial charge in [-0.15, -0.1) is 11.3 Å². The first-order chi connectivity index (χ1) is 10.6. The van der Waals surface area contributed by atoms with Gasteiger partial charge in [-0.25, -0.2) is 13.2 Å². The molecule has 1 rings (SSSR count). The molecular formula is C13H19NO7S2. The topological polar surface area (TPSA) is 119 Å². The number of nitrogens with one attached hydrogen (secondary N) is 1. The maximum absolute atomic E-state index is 12.4. The standard InChI is InChI=1S/C13H19NO7S2/c1-7(2)5-8(11(15)16)14-23(18,19)13-9(20-3)6-10(22-13)12(17)21-4/h6-8,14H,5H2,1-4H3,(H,15,16)/t8-/m0/s1. The van der Waals surface area contributed by atoms with Crippen LogP contribution in [0.2, 0.25) is 0 Å². The molecule has 0 aliphatic heterocycles. The smallest absolute Gasteiger partial charge is 0.348 e. The lowest BCUT2D eigenvalue weighted by Gasteiger charge is -2.16. The lowest BCUT2D eigenvalue weighted by atomic mass is 10.1. The number of hydrogen-bond acceptors (Lipinski definition) is 7. The molecule has 0 aromatic carbocycles. The summed E-state index contributed by atoms with van der Waals surface area (Å²) in [7, 11) is -1.73. The molecule has 0 amide bonds. The third-order valence-corrected chi connectivity index (χ3v) is 5.90. The van der Waals surface area contributed by atoms with E-state index in [1.807, 2.05) is 0 Å². The summed E-state index contributed by atoms with van der Waals surface area (Å²) < 4.78 is 36.2. The van der Waals surface area contributed by atoms with Crippen LogP contribution in [-0.2, 0) is 19.6 Å². The van der Waals surface area contributed by atoms with Crippen LogP contribution in [0.1, 0.15) is 29.9 Å². The number of carbonyl (C=O) groups is 2. The fraction of sp³-hybridized carbons (Fsp3) is 0.538. The van der Waals surface area contributed by atoms with Gasteiger partial charge >= 0.3 is 11.9 Å². The summed E-state index contributed by atoms with van der Waals surface area (Å²) in [6, 6.07) is -0.0306. The Labute approximate surface area is 138 Å². The van der Waals surface area contributed by atoms with Crippen molar-refractivity contribution in [1.82, 2.24) is 4.72 Å². The molecule has 130 valence electrons. The van der Waals surface area contributed by atoms with Gasteiger partial charge in [0.15, 0.2) is 9.96 Å². The number of carboxylic acid groups (broad SMARTS) is 1. The number of carboxylic acids is 1. The van der Waals surface area contributed by atoms with Crippen LogP contribution in [-0.4, -0.2) is 45.7 Å². The second-order valence-electron chi connectivity index (χ2n) is 5.10. The zero-order valence-corrected chi connectivity index (χ0v) is 14.8. The molecule has 1 atom stereocenters. The number of thiophene rings is 1. The van der Waals surface area contributed by atoms with Gasteiger partial charge < -0.3 is 14.6 Å². The van der Waals surface area contributed by atoms with Crippen LogP contribution in [0, 0.1) is 5.92 Å². The first kappa shape index (κ1) is 19.4. The van der Waals surface area contributed by atoms with E-state index < -0.39 is 28.0 Å². The second kappa shape index (κ2) is 7.75. The SMILES string of the molecule is COC(=O)c1cc(OC)c(S(=O)(=O)N[C@@H](CC(C)C)C(=O)O)s1. The molecule has 23 heavy (non-hydrogen) atoms. The Morgan fingerprint density at radius 3 is 2.39 bits per heavy atom. The third-order valence-electron chi connectivity index (χ3n) is 2.82.